The van der Waals surface area contributed by atoms with Gasteiger partial charge in [0.05, 0.1) is 5.69 Å². The smallest absolute Gasteiger partial charge is 0.265 e. The van der Waals surface area contributed by atoms with Crippen LogP contribution in [0.4, 0.5) is 11.4 Å². The van der Waals surface area contributed by atoms with Crippen molar-refractivity contribution in [1.82, 2.24) is 0 Å². The molecule has 2 aromatic rings. The zero-order valence-electron chi connectivity index (χ0n) is 10.9. The van der Waals surface area contributed by atoms with Crippen LogP contribution in [-0.2, 0) is 10.0 Å². The van der Waals surface area contributed by atoms with Crippen molar-refractivity contribution < 1.29 is 8.42 Å². The van der Waals surface area contributed by atoms with Gasteiger partial charge in [-0.25, -0.2) is 8.42 Å². The first-order chi connectivity index (χ1) is 9.83. The maximum atomic E-state index is 12.5. The molecule has 0 aliphatic heterocycles. The number of nitrogens with two attached hydrogens (primary N) is 1. The van der Waals surface area contributed by atoms with Crippen LogP contribution >= 0.6 is 43.6 Å². The zero-order chi connectivity index (χ0) is 15.6. The molecule has 0 aromatic heterocycles. The summed E-state index contributed by atoms with van der Waals surface area (Å²) in [6.07, 6.45) is 1.96. The molecule has 0 aliphatic carbocycles. The summed E-state index contributed by atoms with van der Waals surface area (Å²) in [7, 11) is -3.76. The van der Waals surface area contributed by atoms with Crippen molar-refractivity contribution >= 4 is 65.0 Å². The van der Waals surface area contributed by atoms with Crippen LogP contribution in [0.3, 0.4) is 0 Å². The van der Waals surface area contributed by atoms with Crippen LogP contribution in [0.5, 0.6) is 0 Å². The molecule has 3 N–H and O–H groups in total. The summed E-state index contributed by atoms with van der Waals surface area (Å²) in [4.78, 5) is 1.09. The van der Waals surface area contributed by atoms with E-state index in [1.54, 1.807) is 36.0 Å². The monoisotopic (exact) mass is 450 g/mol. The molecule has 0 heterocycles. The molecule has 0 saturated carbocycles. The Morgan fingerprint density at radius 2 is 1.76 bits per heavy atom. The standard InChI is InChI=1S/C13H12Br2N2O2S2/c1-20-10-4-2-9(3-5-10)17-21(18,19)13-11(15)6-8(14)7-12(13)16/h2-7,17H,16H2,1H3. The third kappa shape index (κ3) is 3.94. The fourth-order valence-electron chi connectivity index (χ4n) is 1.73. The molecule has 0 fully saturated rings. The molecule has 0 amide bonds. The molecule has 21 heavy (non-hydrogen) atoms. The van der Waals surface area contributed by atoms with Crippen LogP contribution in [0.1, 0.15) is 0 Å². The van der Waals surface area contributed by atoms with E-state index in [1.165, 1.54) is 0 Å². The van der Waals surface area contributed by atoms with Crippen molar-refractivity contribution in [2.75, 3.05) is 16.7 Å². The average molecular weight is 452 g/mol. The molecule has 0 radical (unpaired) electrons. The van der Waals surface area contributed by atoms with Crippen LogP contribution in [0.2, 0.25) is 0 Å². The van der Waals surface area contributed by atoms with Gasteiger partial charge in [0.1, 0.15) is 4.90 Å². The van der Waals surface area contributed by atoms with Crippen molar-refractivity contribution in [3.05, 3.63) is 45.3 Å². The van der Waals surface area contributed by atoms with E-state index >= 15 is 0 Å². The molecular formula is C13H12Br2N2O2S2. The third-order valence-electron chi connectivity index (χ3n) is 2.65. The number of halogens is 2. The van der Waals surface area contributed by atoms with E-state index < -0.39 is 10.0 Å². The van der Waals surface area contributed by atoms with E-state index in [1.807, 2.05) is 18.4 Å². The van der Waals surface area contributed by atoms with Gasteiger partial charge in [0.2, 0.25) is 0 Å². The van der Waals surface area contributed by atoms with Gasteiger partial charge in [0, 0.05) is 19.5 Å². The predicted molar refractivity (Wildman–Crippen MR) is 95.3 cm³/mol. The molecule has 2 aromatic carbocycles. The lowest BCUT2D eigenvalue weighted by Gasteiger charge is -2.12. The Morgan fingerprint density at radius 3 is 2.29 bits per heavy atom. The Kier molecular flexibility index (Phi) is 5.24. The Bertz CT molecular complexity index is 739. The number of sulfonamides is 1. The number of rotatable bonds is 4. The van der Waals surface area contributed by atoms with Gasteiger partial charge in [-0.2, -0.15) is 0 Å². The second-order valence-corrected chi connectivity index (χ2v) is 8.41. The summed E-state index contributed by atoms with van der Waals surface area (Å²) in [6.45, 7) is 0. The zero-order valence-corrected chi connectivity index (χ0v) is 15.7. The van der Waals surface area contributed by atoms with Gasteiger partial charge in [0.25, 0.3) is 10.0 Å². The Morgan fingerprint density at radius 1 is 1.14 bits per heavy atom. The summed E-state index contributed by atoms with van der Waals surface area (Å²) < 4.78 is 28.6. The second-order valence-electron chi connectivity index (χ2n) is 4.14. The number of thioether (sulfide) groups is 1. The Labute approximate surface area is 144 Å². The summed E-state index contributed by atoms with van der Waals surface area (Å²) in [5.74, 6) is 0. The largest absolute Gasteiger partial charge is 0.398 e. The van der Waals surface area contributed by atoms with Crippen molar-refractivity contribution in [2.45, 2.75) is 9.79 Å². The molecule has 4 nitrogen and oxygen atoms in total. The Balaban J connectivity index is 2.38. The van der Waals surface area contributed by atoms with E-state index in [9.17, 15) is 8.42 Å². The van der Waals surface area contributed by atoms with Gasteiger partial charge < -0.3 is 5.73 Å². The lowest BCUT2D eigenvalue weighted by atomic mass is 10.3. The molecule has 112 valence electrons. The first-order valence-corrected chi connectivity index (χ1v) is 10.0. The molecule has 0 spiro atoms. The van der Waals surface area contributed by atoms with Crippen LogP contribution < -0.4 is 10.5 Å². The van der Waals surface area contributed by atoms with Gasteiger partial charge in [-0.3, -0.25) is 4.72 Å². The number of hydrogen-bond donors (Lipinski definition) is 2. The fourth-order valence-corrected chi connectivity index (χ4v) is 5.27. The summed E-state index contributed by atoms with van der Waals surface area (Å²) in [5, 5.41) is 0. The number of anilines is 2. The molecule has 0 aliphatic rings. The average Bonchev–Trinajstić information content (AvgIpc) is 2.37. The first-order valence-electron chi connectivity index (χ1n) is 5.75. The van der Waals surface area contributed by atoms with Crippen molar-refractivity contribution in [2.24, 2.45) is 0 Å². The lowest BCUT2D eigenvalue weighted by Crippen LogP contribution is -2.15. The molecular weight excluding hydrogens is 440 g/mol. The van der Waals surface area contributed by atoms with Gasteiger partial charge in [0.15, 0.2) is 0 Å². The highest BCUT2D eigenvalue weighted by molar-refractivity contribution is 9.11. The molecule has 0 unspecified atom stereocenters. The van der Waals surface area contributed by atoms with Crippen molar-refractivity contribution in [1.29, 1.82) is 0 Å². The molecule has 0 atom stereocenters. The van der Waals surface area contributed by atoms with Crippen LogP contribution in [-0.4, -0.2) is 14.7 Å². The van der Waals surface area contributed by atoms with Gasteiger partial charge in [-0.1, -0.05) is 15.9 Å². The minimum Gasteiger partial charge on any atom is -0.398 e. The van der Waals surface area contributed by atoms with E-state index in [2.05, 4.69) is 36.6 Å². The summed E-state index contributed by atoms with van der Waals surface area (Å²) >= 11 is 8.09. The SMILES string of the molecule is CSc1ccc(NS(=O)(=O)c2c(N)cc(Br)cc2Br)cc1. The molecule has 0 saturated heterocycles. The molecule has 8 heteroatoms. The quantitative estimate of drug-likeness (QED) is 0.536. The van der Waals surface area contributed by atoms with Gasteiger partial charge >= 0.3 is 0 Å². The highest BCUT2D eigenvalue weighted by Crippen LogP contribution is 2.33. The maximum absolute atomic E-state index is 12.5. The minimum absolute atomic E-state index is 0.0274. The number of hydrogen-bond acceptors (Lipinski definition) is 4. The second kappa shape index (κ2) is 6.60. The third-order valence-corrected chi connectivity index (χ3v) is 6.23. The van der Waals surface area contributed by atoms with Gasteiger partial charge in [-0.05, 0) is 58.6 Å². The summed E-state index contributed by atoms with van der Waals surface area (Å²) in [6, 6.07) is 10.3. The molecule has 0 bridgehead atoms. The van der Waals surface area contributed by atoms with Gasteiger partial charge in [-0.15, -0.1) is 11.8 Å². The van der Waals surface area contributed by atoms with Crippen molar-refractivity contribution in [3.8, 4) is 0 Å². The number of benzene rings is 2. The first kappa shape index (κ1) is 16.7. The van der Waals surface area contributed by atoms with E-state index in [-0.39, 0.29) is 10.6 Å². The number of nitrogen functional groups attached to an aromatic ring is 1. The van der Waals surface area contributed by atoms with E-state index in [0.29, 0.717) is 14.6 Å². The topological polar surface area (TPSA) is 72.2 Å². The Hall–Kier alpha value is -0.700. The molecule has 2 rings (SSSR count). The lowest BCUT2D eigenvalue weighted by molar-refractivity contribution is 0.601. The van der Waals surface area contributed by atoms with Crippen LogP contribution in [0.15, 0.2) is 55.1 Å². The minimum atomic E-state index is -3.76. The maximum Gasteiger partial charge on any atom is 0.265 e. The summed E-state index contributed by atoms with van der Waals surface area (Å²) in [5.41, 5.74) is 6.48. The fraction of sp³-hybridized carbons (Fsp3) is 0.0769. The predicted octanol–water partition coefficient (Wildman–Crippen LogP) is 4.32. The van der Waals surface area contributed by atoms with E-state index in [4.69, 9.17) is 5.73 Å². The normalized spacial score (nSPS) is 11.4. The highest BCUT2D eigenvalue weighted by Gasteiger charge is 2.21. The van der Waals surface area contributed by atoms with Crippen molar-refractivity contribution in [3.63, 3.8) is 0 Å². The number of nitrogens with one attached hydrogen (secondary N) is 1. The van der Waals surface area contributed by atoms with Crippen LogP contribution in [0, 0.1) is 0 Å². The highest BCUT2D eigenvalue weighted by atomic mass is 79.9. The van der Waals surface area contributed by atoms with Crippen LogP contribution in [0.25, 0.3) is 0 Å². The van der Waals surface area contributed by atoms with E-state index in [0.717, 1.165) is 4.90 Å².